The average Bonchev–Trinajstić information content (AvgIpc) is 2.79. The van der Waals surface area contributed by atoms with Crippen molar-refractivity contribution in [2.75, 3.05) is 6.61 Å². The molecule has 2 aromatic carbocycles. The standard InChI is InChI=1S/C27H36N2O3/c1-19-14-15-25(16-21(19)3)32-18-26(30)29(17-23-11-9-8-10-20(23)2)22(4)27(31)28-24-12-6-5-7-13-24/h8-11,14-16,22,24H,5-7,12-13,17-18H2,1-4H3,(H,28,31)/t22-/m1/s1. The van der Waals surface area contributed by atoms with Gasteiger partial charge in [-0.15, -0.1) is 0 Å². The van der Waals surface area contributed by atoms with Crippen molar-refractivity contribution in [2.24, 2.45) is 0 Å². The first kappa shape index (κ1) is 23.8. The topological polar surface area (TPSA) is 58.6 Å². The lowest BCUT2D eigenvalue weighted by Gasteiger charge is -2.31. The maximum atomic E-state index is 13.2. The number of carbonyl (C=O) groups is 2. The van der Waals surface area contributed by atoms with Gasteiger partial charge in [-0.25, -0.2) is 0 Å². The quantitative estimate of drug-likeness (QED) is 0.643. The highest BCUT2D eigenvalue weighted by Gasteiger charge is 2.28. The van der Waals surface area contributed by atoms with Gasteiger partial charge in [0.05, 0.1) is 0 Å². The summed E-state index contributed by atoms with van der Waals surface area (Å²) in [5.74, 6) is 0.374. The molecule has 1 saturated carbocycles. The van der Waals surface area contributed by atoms with E-state index >= 15 is 0 Å². The lowest BCUT2D eigenvalue weighted by atomic mass is 9.95. The first-order valence-electron chi connectivity index (χ1n) is 11.7. The molecule has 1 aliphatic carbocycles. The molecule has 0 unspecified atom stereocenters. The van der Waals surface area contributed by atoms with E-state index < -0.39 is 6.04 Å². The lowest BCUT2D eigenvalue weighted by Crippen LogP contribution is -2.51. The Morgan fingerprint density at radius 1 is 1.00 bits per heavy atom. The Labute approximate surface area is 192 Å². The molecule has 1 aliphatic rings. The van der Waals surface area contributed by atoms with E-state index in [0.717, 1.165) is 42.4 Å². The summed E-state index contributed by atoms with van der Waals surface area (Å²) in [5.41, 5.74) is 4.43. The third-order valence-corrected chi connectivity index (χ3v) is 6.56. The summed E-state index contributed by atoms with van der Waals surface area (Å²) < 4.78 is 5.81. The molecule has 0 bridgehead atoms. The molecule has 2 amide bonds. The fourth-order valence-electron chi connectivity index (χ4n) is 4.15. The molecule has 0 aliphatic heterocycles. The summed E-state index contributed by atoms with van der Waals surface area (Å²) in [4.78, 5) is 27.9. The van der Waals surface area contributed by atoms with Crippen LogP contribution in [0.25, 0.3) is 0 Å². The molecule has 1 atom stereocenters. The van der Waals surface area contributed by atoms with E-state index in [1.54, 1.807) is 4.90 Å². The third kappa shape index (κ3) is 6.35. The van der Waals surface area contributed by atoms with Crippen LogP contribution < -0.4 is 10.1 Å². The van der Waals surface area contributed by atoms with Crippen LogP contribution in [0.4, 0.5) is 0 Å². The van der Waals surface area contributed by atoms with Crippen LogP contribution in [0.5, 0.6) is 5.75 Å². The normalized spacial score (nSPS) is 15.1. The minimum atomic E-state index is -0.576. The number of amides is 2. The van der Waals surface area contributed by atoms with Crippen LogP contribution in [0.15, 0.2) is 42.5 Å². The maximum absolute atomic E-state index is 13.2. The van der Waals surface area contributed by atoms with Crippen LogP contribution in [0.2, 0.25) is 0 Å². The Hall–Kier alpha value is -2.82. The third-order valence-electron chi connectivity index (χ3n) is 6.56. The number of rotatable bonds is 8. The summed E-state index contributed by atoms with van der Waals surface area (Å²) in [7, 11) is 0. The molecule has 172 valence electrons. The first-order chi connectivity index (χ1) is 15.3. The molecule has 32 heavy (non-hydrogen) atoms. The van der Waals surface area contributed by atoms with E-state index in [-0.39, 0.29) is 24.5 Å². The predicted octanol–water partition coefficient (Wildman–Crippen LogP) is 4.86. The Morgan fingerprint density at radius 3 is 2.41 bits per heavy atom. The second kappa shape index (κ2) is 11.2. The number of aryl methyl sites for hydroxylation is 3. The highest BCUT2D eigenvalue weighted by atomic mass is 16.5. The average molecular weight is 437 g/mol. The summed E-state index contributed by atoms with van der Waals surface area (Å²) >= 11 is 0. The number of carbonyl (C=O) groups excluding carboxylic acids is 2. The number of hydrogen-bond acceptors (Lipinski definition) is 3. The van der Waals surface area contributed by atoms with Gasteiger partial charge in [0.2, 0.25) is 5.91 Å². The molecule has 0 aromatic heterocycles. The number of ether oxygens (including phenoxy) is 1. The summed E-state index contributed by atoms with van der Waals surface area (Å²) in [6, 6.07) is 13.4. The predicted molar refractivity (Wildman–Crippen MR) is 128 cm³/mol. The molecule has 5 nitrogen and oxygen atoms in total. The SMILES string of the molecule is Cc1ccc(OCC(=O)N(Cc2ccccc2C)[C@H](C)C(=O)NC2CCCCC2)cc1C. The van der Waals surface area contributed by atoms with E-state index in [0.29, 0.717) is 12.3 Å². The van der Waals surface area contributed by atoms with Gasteiger partial charge in [0, 0.05) is 12.6 Å². The largest absolute Gasteiger partial charge is 0.484 e. The van der Waals surface area contributed by atoms with Crippen molar-refractivity contribution < 1.29 is 14.3 Å². The smallest absolute Gasteiger partial charge is 0.261 e. The molecular formula is C27H36N2O3. The van der Waals surface area contributed by atoms with Crippen LogP contribution in [-0.4, -0.2) is 35.4 Å². The highest BCUT2D eigenvalue weighted by Crippen LogP contribution is 2.20. The van der Waals surface area contributed by atoms with E-state index in [9.17, 15) is 9.59 Å². The van der Waals surface area contributed by atoms with Gasteiger partial charge in [-0.3, -0.25) is 9.59 Å². The number of hydrogen-bond donors (Lipinski definition) is 1. The molecule has 0 spiro atoms. The van der Waals surface area contributed by atoms with Crippen molar-refractivity contribution in [3.8, 4) is 5.75 Å². The van der Waals surface area contributed by atoms with E-state index in [1.165, 1.54) is 12.0 Å². The monoisotopic (exact) mass is 436 g/mol. The molecule has 5 heteroatoms. The van der Waals surface area contributed by atoms with Crippen LogP contribution in [0.1, 0.15) is 61.3 Å². The van der Waals surface area contributed by atoms with Crippen molar-refractivity contribution in [3.63, 3.8) is 0 Å². The van der Waals surface area contributed by atoms with Crippen molar-refractivity contribution in [2.45, 2.75) is 78.4 Å². The molecule has 0 saturated heterocycles. The van der Waals surface area contributed by atoms with E-state index in [4.69, 9.17) is 4.74 Å². The van der Waals surface area contributed by atoms with Crippen LogP contribution in [0.3, 0.4) is 0 Å². The van der Waals surface area contributed by atoms with Crippen molar-refractivity contribution in [3.05, 3.63) is 64.7 Å². The van der Waals surface area contributed by atoms with Gasteiger partial charge in [-0.2, -0.15) is 0 Å². The zero-order chi connectivity index (χ0) is 23.1. The van der Waals surface area contributed by atoms with Gasteiger partial charge in [-0.05, 0) is 74.9 Å². The van der Waals surface area contributed by atoms with Gasteiger partial charge in [0.1, 0.15) is 11.8 Å². The summed E-state index contributed by atoms with van der Waals surface area (Å²) in [6.45, 7) is 8.17. The van der Waals surface area contributed by atoms with E-state index in [1.807, 2.05) is 70.2 Å². The minimum absolute atomic E-state index is 0.0926. The van der Waals surface area contributed by atoms with Crippen molar-refractivity contribution in [1.29, 1.82) is 0 Å². The molecule has 2 aromatic rings. The van der Waals surface area contributed by atoms with Crippen LogP contribution >= 0.6 is 0 Å². The summed E-state index contributed by atoms with van der Waals surface area (Å²) in [6.07, 6.45) is 5.56. The van der Waals surface area contributed by atoms with Crippen molar-refractivity contribution in [1.82, 2.24) is 10.2 Å². The minimum Gasteiger partial charge on any atom is -0.484 e. The Bertz CT molecular complexity index is 934. The van der Waals surface area contributed by atoms with Crippen molar-refractivity contribution >= 4 is 11.8 Å². The maximum Gasteiger partial charge on any atom is 0.261 e. The summed E-state index contributed by atoms with van der Waals surface area (Å²) in [5, 5.41) is 3.17. The van der Waals surface area contributed by atoms with Gasteiger partial charge in [0.25, 0.3) is 5.91 Å². The molecule has 1 N–H and O–H groups in total. The van der Waals surface area contributed by atoms with E-state index in [2.05, 4.69) is 5.32 Å². The number of nitrogens with zero attached hydrogens (tertiary/aromatic N) is 1. The first-order valence-corrected chi connectivity index (χ1v) is 11.7. The lowest BCUT2D eigenvalue weighted by molar-refractivity contribution is -0.142. The van der Waals surface area contributed by atoms with Gasteiger partial charge in [0.15, 0.2) is 6.61 Å². The van der Waals surface area contributed by atoms with Crippen LogP contribution in [0, 0.1) is 20.8 Å². The molecule has 0 heterocycles. The number of benzene rings is 2. The van der Waals surface area contributed by atoms with Gasteiger partial charge < -0.3 is 15.0 Å². The molecule has 1 fully saturated rings. The Morgan fingerprint density at radius 2 is 1.72 bits per heavy atom. The fraction of sp³-hybridized carbons (Fsp3) is 0.481. The highest BCUT2D eigenvalue weighted by molar-refractivity contribution is 5.88. The Balaban J connectivity index is 1.72. The second-order valence-electron chi connectivity index (χ2n) is 9.00. The van der Waals surface area contributed by atoms with Crippen LogP contribution in [-0.2, 0) is 16.1 Å². The molecular weight excluding hydrogens is 400 g/mol. The van der Waals surface area contributed by atoms with Gasteiger partial charge in [-0.1, -0.05) is 49.6 Å². The molecule has 0 radical (unpaired) electrons. The van der Waals surface area contributed by atoms with Gasteiger partial charge >= 0.3 is 0 Å². The zero-order valence-electron chi connectivity index (χ0n) is 19.8. The Kier molecular flexibility index (Phi) is 8.32. The molecule has 3 rings (SSSR count). The fourth-order valence-corrected chi connectivity index (χ4v) is 4.15. The zero-order valence-corrected chi connectivity index (χ0v) is 19.8. The number of nitrogens with one attached hydrogen (secondary N) is 1. The second-order valence-corrected chi connectivity index (χ2v) is 9.00.